The third kappa shape index (κ3) is 2.22. The van der Waals surface area contributed by atoms with E-state index in [4.69, 9.17) is 10.5 Å². The zero-order chi connectivity index (χ0) is 10.8. The highest BCUT2D eigenvalue weighted by molar-refractivity contribution is 7.11. The maximum atomic E-state index is 6.15. The van der Waals surface area contributed by atoms with Gasteiger partial charge in [0.05, 0.1) is 18.3 Å². The molecule has 1 aliphatic rings. The number of rotatable bonds is 4. The molecule has 0 fully saturated rings. The molecule has 3 nitrogen and oxygen atoms in total. The Morgan fingerprint density at radius 2 is 2.33 bits per heavy atom. The molecule has 1 aromatic heterocycles. The number of methoxy groups -OCH3 is 1. The molecule has 0 saturated carbocycles. The van der Waals surface area contributed by atoms with Crippen LogP contribution in [0.15, 0.2) is 0 Å². The number of ether oxygens (including phenoxy) is 1. The molecule has 15 heavy (non-hydrogen) atoms. The van der Waals surface area contributed by atoms with E-state index in [9.17, 15) is 0 Å². The number of thiazole rings is 1. The molecule has 1 heterocycles. The SMILES string of the molecule is COCC(C)C(N)c1nc2c(s1)CCC2. The molecule has 2 unspecified atom stereocenters. The highest BCUT2D eigenvalue weighted by Gasteiger charge is 2.23. The Labute approximate surface area is 94.7 Å². The summed E-state index contributed by atoms with van der Waals surface area (Å²) in [7, 11) is 1.71. The highest BCUT2D eigenvalue weighted by Crippen LogP contribution is 2.32. The van der Waals surface area contributed by atoms with Gasteiger partial charge in [-0.05, 0) is 19.3 Å². The van der Waals surface area contributed by atoms with E-state index in [1.165, 1.54) is 23.4 Å². The van der Waals surface area contributed by atoms with Gasteiger partial charge >= 0.3 is 0 Å². The maximum absolute atomic E-state index is 6.15. The maximum Gasteiger partial charge on any atom is 0.110 e. The highest BCUT2D eigenvalue weighted by atomic mass is 32.1. The molecule has 0 bridgehead atoms. The zero-order valence-corrected chi connectivity index (χ0v) is 10.1. The van der Waals surface area contributed by atoms with Crippen LogP contribution in [0.5, 0.6) is 0 Å². The Morgan fingerprint density at radius 1 is 1.53 bits per heavy atom. The number of nitrogens with zero attached hydrogens (tertiary/aromatic N) is 1. The largest absolute Gasteiger partial charge is 0.384 e. The lowest BCUT2D eigenvalue weighted by Gasteiger charge is -2.16. The quantitative estimate of drug-likeness (QED) is 0.853. The van der Waals surface area contributed by atoms with Crippen molar-refractivity contribution in [1.29, 1.82) is 0 Å². The average Bonchev–Trinajstić information content (AvgIpc) is 2.75. The number of hydrogen-bond donors (Lipinski definition) is 1. The fourth-order valence-corrected chi connectivity index (χ4v) is 3.25. The molecule has 0 saturated heterocycles. The van der Waals surface area contributed by atoms with Crippen LogP contribution in [0.25, 0.3) is 0 Å². The number of aryl methyl sites for hydroxylation is 2. The van der Waals surface area contributed by atoms with Gasteiger partial charge in [-0.25, -0.2) is 4.98 Å². The van der Waals surface area contributed by atoms with E-state index in [0.29, 0.717) is 12.5 Å². The third-order valence-corrected chi connectivity index (χ3v) is 4.20. The Bertz CT molecular complexity index is 316. The Morgan fingerprint density at radius 3 is 3.00 bits per heavy atom. The first-order valence-electron chi connectivity index (χ1n) is 5.45. The molecular weight excluding hydrogens is 208 g/mol. The van der Waals surface area contributed by atoms with Crippen LogP contribution in [0, 0.1) is 5.92 Å². The molecule has 0 aliphatic heterocycles. The van der Waals surface area contributed by atoms with Crippen LogP contribution in [-0.2, 0) is 17.6 Å². The second-order valence-electron chi connectivity index (χ2n) is 4.23. The first kappa shape index (κ1) is 11.0. The van der Waals surface area contributed by atoms with Gasteiger partial charge in [-0.3, -0.25) is 0 Å². The van der Waals surface area contributed by atoms with Gasteiger partial charge < -0.3 is 10.5 Å². The zero-order valence-electron chi connectivity index (χ0n) is 9.32. The minimum atomic E-state index is 0.0283. The van der Waals surface area contributed by atoms with Gasteiger partial charge in [-0.1, -0.05) is 6.92 Å². The molecule has 0 spiro atoms. The van der Waals surface area contributed by atoms with E-state index in [2.05, 4.69) is 11.9 Å². The molecule has 0 aromatic carbocycles. The van der Waals surface area contributed by atoms with Crippen LogP contribution in [0.3, 0.4) is 0 Å². The van der Waals surface area contributed by atoms with E-state index >= 15 is 0 Å². The Hall–Kier alpha value is -0.450. The number of aromatic nitrogens is 1. The predicted octanol–water partition coefficient (Wildman–Crippen LogP) is 1.91. The summed E-state index contributed by atoms with van der Waals surface area (Å²) in [6, 6.07) is 0.0283. The standard InChI is InChI=1S/C11H18N2OS/c1-7(6-14-2)10(12)11-13-8-4-3-5-9(8)15-11/h7,10H,3-6,12H2,1-2H3. The minimum Gasteiger partial charge on any atom is -0.384 e. The summed E-state index contributed by atoms with van der Waals surface area (Å²) < 4.78 is 5.12. The Kier molecular flexibility index (Phi) is 3.38. The van der Waals surface area contributed by atoms with E-state index in [0.717, 1.165) is 11.4 Å². The second-order valence-corrected chi connectivity index (χ2v) is 5.35. The van der Waals surface area contributed by atoms with Crippen LogP contribution in [-0.4, -0.2) is 18.7 Å². The second kappa shape index (κ2) is 4.60. The van der Waals surface area contributed by atoms with Crippen molar-refractivity contribution in [3.05, 3.63) is 15.6 Å². The van der Waals surface area contributed by atoms with Crippen molar-refractivity contribution in [3.8, 4) is 0 Å². The van der Waals surface area contributed by atoms with Crippen LogP contribution < -0.4 is 5.73 Å². The summed E-state index contributed by atoms with van der Waals surface area (Å²) in [6.07, 6.45) is 3.59. The third-order valence-electron chi connectivity index (χ3n) is 2.94. The molecule has 4 heteroatoms. The summed E-state index contributed by atoms with van der Waals surface area (Å²) in [4.78, 5) is 6.08. The van der Waals surface area contributed by atoms with Gasteiger partial charge in [-0.2, -0.15) is 0 Å². The number of nitrogens with two attached hydrogens (primary N) is 1. The molecule has 1 aromatic rings. The first-order chi connectivity index (χ1) is 7.22. The van der Waals surface area contributed by atoms with Gasteiger partial charge in [0.15, 0.2) is 0 Å². The first-order valence-corrected chi connectivity index (χ1v) is 6.27. The summed E-state index contributed by atoms with van der Waals surface area (Å²) >= 11 is 1.79. The average molecular weight is 226 g/mol. The molecule has 0 amide bonds. The predicted molar refractivity (Wildman–Crippen MR) is 62.1 cm³/mol. The van der Waals surface area contributed by atoms with Crippen molar-refractivity contribution < 1.29 is 4.74 Å². The van der Waals surface area contributed by atoms with Gasteiger partial charge in [0, 0.05) is 17.9 Å². The van der Waals surface area contributed by atoms with Gasteiger partial charge in [-0.15, -0.1) is 11.3 Å². The van der Waals surface area contributed by atoms with Crippen molar-refractivity contribution in [3.63, 3.8) is 0 Å². The van der Waals surface area contributed by atoms with Gasteiger partial charge in [0.1, 0.15) is 5.01 Å². The fraction of sp³-hybridized carbons (Fsp3) is 0.727. The fourth-order valence-electron chi connectivity index (χ4n) is 1.96. The van der Waals surface area contributed by atoms with E-state index < -0.39 is 0 Å². The van der Waals surface area contributed by atoms with Crippen LogP contribution in [0.1, 0.15) is 35.0 Å². The molecule has 1 aliphatic carbocycles. The number of fused-ring (bicyclic) bond motifs is 1. The van der Waals surface area contributed by atoms with Crippen molar-refractivity contribution in [2.24, 2.45) is 11.7 Å². The molecule has 2 rings (SSSR count). The molecule has 2 N–H and O–H groups in total. The summed E-state index contributed by atoms with van der Waals surface area (Å²) in [5, 5.41) is 1.09. The smallest absolute Gasteiger partial charge is 0.110 e. The van der Waals surface area contributed by atoms with Crippen molar-refractivity contribution in [2.75, 3.05) is 13.7 Å². The van der Waals surface area contributed by atoms with Crippen molar-refractivity contribution in [1.82, 2.24) is 4.98 Å². The normalized spacial score (nSPS) is 18.9. The summed E-state index contributed by atoms with van der Waals surface area (Å²) in [6.45, 7) is 2.81. The van der Waals surface area contributed by atoms with Crippen LogP contribution in [0.2, 0.25) is 0 Å². The lowest BCUT2D eigenvalue weighted by molar-refractivity contribution is 0.147. The number of hydrogen-bond acceptors (Lipinski definition) is 4. The Balaban J connectivity index is 2.08. The lowest BCUT2D eigenvalue weighted by Crippen LogP contribution is -2.22. The molecule has 0 radical (unpaired) electrons. The van der Waals surface area contributed by atoms with Crippen molar-refractivity contribution >= 4 is 11.3 Å². The van der Waals surface area contributed by atoms with E-state index in [-0.39, 0.29) is 6.04 Å². The molecule has 2 atom stereocenters. The van der Waals surface area contributed by atoms with Gasteiger partial charge in [0.25, 0.3) is 0 Å². The van der Waals surface area contributed by atoms with Crippen LogP contribution >= 0.6 is 11.3 Å². The summed E-state index contributed by atoms with van der Waals surface area (Å²) in [5.74, 6) is 0.335. The molecule has 84 valence electrons. The minimum absolute atomic E-state index is 0.0283. The van der Waals surface area contributed by atoms with Gasteiger partial charge in [0.2, 0.25) is 0 Å². The van der Waals surface area contributed by atoms with E-state index in [1.54, 1.807) is 18.4 Å². The molecular formula is C11H18N2OS. The topological polar surface area (TPSA) is 48.1 Å². The monoisotopic (exact) mass is 226 g/mol. The van der Waals surface area contributed by atoms with Crippen LogP contribution in [0.4, 0.5) is 0 Å². The van der Waals surface area contributed by atoms with Crippen molar-refractivity contribution in [2.45, 2.75) is 32.2 Å². The van der Waals surface area contributed by atoms with E-state index in [1.807, 2.05) is 0 Å². The lowest BCUT2D eigenvalue weighted by atomic mass is 10.1. The summed E-state index contributed by atoms with van der Waals surface area (Å²) in [5.41, 5.74) is 7.44.